The van der Waals surface area contributed by atoms with Crippen molar-refractivity contribution in [3.05, 3.63) is 29.8 Å². The van der Waals surface area contributed by atoms with E-state index in [9.17, 15) is 14.7 Å². The number of benzene rings is 1. The third-order valence-corrected chi connectivity index (χ3v) is 4.82. The van der Waals surface area contributed by atoms with E-state index in [0.29, 0.717) is 19.6 Å². The Morgan fingerprint density at radius 1 is 1.29 bits per heavy atom. The molecular weight excluding hydrogens is 308 g/mol. The number of amides is 2. The number of nitrogens with zero attached hydrogens (tertiary/aromatic N) is 2. The van der Waals surface area contributed by atoms with Crippen molar-refractivity contribution in [3.63, 3.8) is 0 Å². The standard InChI is InChI=1S/C17H24N4O3/c18-14-6-1-2-7-19-16(22)15-11-20(17(23)24)8-9-21(15)13-5-3-4-12(14)10-13/h3-5,10,14-15H,1-2,6-9,11,18H2,(H,19,22)(H,23,24)/t14-,15+/m0/s1. The van der Waals surface area contributed by atoms with Gasteiger partial charge in [-0.1, -0.05) is 12.1 Å². The minimum absolute atomic E-state index is 0.0150. The zero-order valence-electron chi connectivity index (χ0n) is 13.6. The van der Waals surface area contributed by atoms with Gasteiger partial charge in [-0.15, -0.1) is 0 Å². The van der Waals surface area contributed by atoms with Crippen molar-refractivity contribution in [3.8, 4) is 0 Å². The van der Waals surface area contributed by atoms with Crippen LogP contribution < -0.4 is 16.0 Å². The average molecular weight is 332 g/mol. The van der Waals surface area contributed by atoms with Crippen LogP contribution in [-0.2, 0) is 4.79 Å². The number of hydrogen-bond acceptors (Lipinski definition) is 4. The number of fused-ring (bicyclic) bond motifs is 4. The summed E-state index contributed by atoms with van der Waals surface area (Å²) in [6, 6.07) is 7.43. The molecule has 0 unspecified atom stereocenters. The van der Waals surface area contributed by atoms with E-state index >= 15 is 0 Å². The minimum Gasteiger partial charge on any atom is -0.465 e. The third-order valence-electron chi connectivity index (χ3n) is 4.82. The number of carbonyl (C=O) groups excluding carboxylic acids is 1. The Morgan fingerprint density at radius 2 is 2.12 bits per heavy atom. The summed E-state index contributed by atoms with van der Waals surface area (Å²) in [5, 5.41) is 12.2. The van der Waals surface area contributed by atoms with Gasteiger partial charge in [0, 0.05) is 31.4 Å². The fourth-order valence-electron chi connectivity index (χ4n) is 3.41. The summed E-state index contributed by atoms with van der Waals surface area (Å²) in [5.74, 6) is -0.115. The summed E-state index contributed by atoms with van der Waals surface area (Å²) in [7, 11) is 0. The van der Waals surface area contributed by atoms with E-state index in [1.54, 1.807) is 0 Å². The molecule has 7 nitrogen and oxygen atoms in total. The van der Waals surface area contributed by atoms with Crippen molar-refractivity contribution in [1.29, 1.82) is 0 Å². The molecule has 2 heterocycles. The van der Waals surface area contributed by atoms with Crippen LogP contribution in [-0.4, -0.2) is 54.2 Å². The normalized spacial score (nSPS) is 25.1. The molecule has 1 aromatic carbocycles. The molecule has 2 bridgehead atoms. The predicted molar refractivity (Wildman–Crippen MR) is 91.0 cm³/mol. The Bertz CT molecular complexity index is 622. The maximum atomic E-state index is 12.6. The van der Waals surface area contributed by atoms with Crippen LogP contribution in [0.2, 0.25) is 0 Å². The molecule has 0 radical (unpaired) electrons. The van der Waals surface area contributed by atoms with Gasteiger partial charge in [-0.25, -0.2) is 4.79 Å². The van der Waals surface area contributed by atoms with E-state index in [1.807, 2.05) is 29.2 Å². The summed E-state index contributed by atoms with van der Waals surface area (Å²) in [5.41, 5.74) is 8.27. The van der Waals surface area contributed by atoms with Gasteiger partial charge in [0.05, 0.1) is 6.54 Å². The highest BCUT2D eigenvalue weighted by atomic mass is 16.4. The molecular formula is C17H24N4O3. The maximum Gasteiger partial charge on any atom is 0.407 e. The van der Waals surface area contributed by atoms with Crippen molar-refractivity contribution in [2.75, 3.05) is 31.1 Å². The Hall–Kier alpha value is -2.28. The fourth-order valence-corrected chi connectivity index (χ4v) is 3.41. The van der Waals surface area contributed by atoms with Crippen molar-refractivity contribution in [2.24, 2.45) is 5.73 Å². The van der Waals surface area contributed by atoms with Gasteiger partial charge < -0.3 is 26.0 Å². The maximum absolute atomic E-state index is 12.6. The molecule has 130 valence electrons. The first-order valence-corrected chi connectivity index (χ1v) is 8.44. The van der Waals surface area contributed by atoms with Crippen LogP contribution in [0.1, 0.15) is 30.9 Å². The Kier molecular flexibility index (Phi) is 4.89. The zero-order valence-corrected chi connectivity index (χ0v) is 13.6. The van der Waals surface area contributed by atoms with Gasteiger partial charge in [0.1, 0.15) is 6.04 Å². The Labute approximate surface area is 141 Å². The topological polar surface area (TPSA) is 98.9 Å². The summed E-state index contributed by atoms with van der Waals surface area (Å²) < 4.78 is 0. The molecule has 0 aliphatic carbocycles. The third kappa shape index (κ3) is 3.46. The highest BCUT2D eigenvalue weighted by Gasteiger charge is 2.34. The van der Waals surface area contributed by atoms with Crippen LogP contribution in [0, 0.1) is 0 Å². The number of hydrogen-bond donors (Lipinski definition) is 3. The van der Waals surface area contributed by atoms with Crippen LogP contribution in [0.5, 0.6) is 0 Å². The SMILES string of the molecule is N[C@H]1CCCCNC(=O)[C@H]2CN(C(=O)O)CCN2c2cccc1c2. The summed E-state index contributed by atoms with van der Waals surface area (Å²) in [6.07, 6.45) is 1.72. The van der Waals surface area contributed by atoms with Crippen molar-refractivity contribution >= 4 is 17.7 Å². The van der Waals surface area contributed by atoms with Crippen LogP contribution in [0.3, 0.4) is 0 Å². The number of carboxylic acid groups (broad SMARTS) is 1. The van der Waals surface area contributed by atoms with E-state index in [-0.39, 0.29) is 18.5 Å². The second-order valence-electron chi connectivity index (χ2n) is 6.43. The molecule has 0 spiro atoms. The van der Waals surface area contributed by atoms with Gasteiger partial charge >= 0.3 is 6.09 Å². The smallest absolute Gasteiger partial charge is 0.407 e. The molecule has 7 heteroatoms. The quantitative estimate of drug-likeness (QED) is 0.662. The van der Waals surface area contributed by atoms with Crippen LogP contribution >= 0.6 is 0 Å². The molecule has 4 N–H and O–H groups in total. The van der Waals surface area contributed by atoms with Crippen molar-refractivity contribution in [2.45, 2.75) is 31.3 Å². The van der Waals surface area contributed by atoms with Crippen molar-refractivity contribution < 1.29 is 14.7 Å². The van der Waals surface area contributed by atoms with Gasteiger partial charge in [0.25, 0.3) is 0 Å². The van der Waals surface area contributed by atoms with Gasteiger partial charge in [-0.3, -0.25) is 4.79 Å². The molecule has 2 aliphatic rings. The molecule has 0 saturated carbocycles. The number of carbonyl (C=O) groups is 2. The van der Waals surface area contributed by atoms with Gasteiger partial charge in [0.15, 0.2) is 0 Å². The molecule has 2 atom stereocenters. The number of anilines is 1. The molecule has 1 aromatic rings. The summed E-state index contributed by atoms with van der Waals surface area (Å²) >= 11 is 0. The van der Waals surface area contributed by atoms with E-state index in [1.165, 1.54) is 4.90 Å². The summed E-state index contributed by atoms with van der Waals surface area (Å²) in [6.45, 7) is 1.65. The second kappa shape index (κ2) is 7.09. The highest BCUT2D eigenvalue weighted by molar-refractivity contribution is 5.86. The number of piperazine rings is 1. The van der Waals surface area contributed by atoms with E-state index in [0.717, 1.165) is 30.5 Å². The number of nitrogens with two attached hydrogens (primary N) is 1. The van der Waals surface area contributed by atoms with Gasteiger partial charge in [-0.2, -0.15) is 0 Å². The van der Waals surface area contributed by atoms with Gasteiger partial charge in [-0.05, 0) is 37.0 Å². The molecule has 1 saturated heterocycles. The number of nitrogens with one attached hydrogen (secondary N) is 1. The fraction of sp³-hybridized carbons (Fsp3) is 0.529. The molecule has 1 fully saturated rings. The lowest BCUT2D eigenvalue weighted by Gasteiger charge is -2.41. The van der Waals surface area contributed by atoms with Crippen LogP contribution in [0.25, 0.3) is 0 Å². The number of rotatable bonds is 0. The van der Waals surface area contributed by atoms with Crippen LogP contribution in [0.4, 0.5) is 10.5 Å². The Morgan fingerprint density at radius 3 is 2.92 bits per heavy atom. The second-order valence-corrected chi connectivity index (χ2v) is 6.43. The van der Waals surface area contributed by atoms with E-state index < -0.39 is 12.1 Å². The average Bonchev–Trinajstić information content (AvgIpc) is 2.59. The Balaban J connectivity index is 1.93. The highest BCUT2D eigenvalue weighted by Crippen LogP contribution is 2.26. The minimum atomic E-state index is -0.982. The largest absolute Gasteiger partial charge is 0.465 e. The monoisotopic (exact) mass is 332 g/mol. The lowest BCUT2D eigenvalue weighted by molar-refractivity contribution is -0.123. The first-order valence-electron chi connectivity index (χ1n) is 8.44. The summed E-state index contributed by atoms with van der Waals surface area (Å²) in [4.78, 5) is 27.2. The van der Waals surface area contributed by atoms with Crippen LogP contribution in [0.15, 0.2) is 24.3 Å². The lowest BCUT2D eigenvalue weighted by atomic mass is 9.99. The molecule has 2 aliphatic heterocycles. The molecule has 0 aromatic heterocycles. The van der Waals surface area contributed by atoms with Crippen molar-refractivity contribution in [1.82, 2.24) is 10.2 Å². The lowest BCUT2D eigenvalue weighted by Crippen LogP contribution is -2.60. The van der Waals surface area contributed by atoms with E-state index in [2.05, 4.69) is 5.32 Å². The first kappa shape index (κ1) is 16.6. The first-order chi connectivity index (χ1) is 11.6. The van der Waals surface area contributed by atoms with E-state index in [4.69, 9.17) is 5.73 Å². The molecule has 2 amide bonds. The predicted octanol–water partition coefficient (Wildman–Crippen LogP) is 1.16. The van der Waals surface area contributed by atoms with Gasteiger partial charge in [0.2, 0.25) is 5.91 Å². The molecule has 3 rings (SSSR count). The zero-order chi connectivity index (χ0) is 17.1. The molecule has 24 heavy (non-hydrogen) atoms.